The van der Waals surface area contributed by atoms with Gasteiger partial charge in [-0.15, -0.1) is 0 Å². The van der Waals surface area contributed by atoms with Gasteiger partial charge in [0.25, 0.3) is 0 Å². The van der Waals surface area contributed by atoms with Crippen LogP contribution in [0.3, 0.4) is 0 Å². The van der Waals surface area contributed by atoms with Gasteiger partial charge in [0.1, 0.15) is 0 Å². The van der Waals surface area contributed by atoms with Crippen molar-refractivity contribution < 1.29 is 15.0 Å². The van der Waals surface area contributed by atoms with Crippen molar-refractivity contribution in [3.05, 3.63) is 12.2 Å². The molecular weight excluding hydrogens is 194 g/mol. The van der Waals surface area contributed by atoms with Gasteiger partial charge in [-0.2, -0.15) is 0 Å². The van der Waals surface area contributed by atoms with Crippen molar-refractivity contribution in [3.8, 4) is 0 Å². The van der Waals surface area contributed by atoms with Crippen molar-refractivity contribution >= 4 is 6.09 Å². The number of nitrogens with zero attached hydrogens (tertiary/aromatic N) is 1. The van der Waals surface area contributed by atoms with E-state index in [0.717, 1.165) is 25.7 Å². The molecule has 15 heavy (non-hydrogen) atoms. The average Bonchev–Trinajstić information content (AvgIpc) is 2.25. The average molecular weight is 213 g/mol. The molecule has 86 valence electrons. The lowest BCUT2D eigenvalue weighted by molar-refractivity contribution is 0.123. The Morgan fingerprint density at radius 1 is 1.33 bits per heavy atom. The van der Waals surface area contributed by atoms with E-state index in [1.54, 1.807) is 6.08 Å². The summed E-state index contributed by atoms with van der Waals surface area (Å²) in [5, 5.41) is 17.3. The molecule has 0 spiro atoms. The number of likely N-dealkylation sites (tertiary alicyclic amines) is 1. The van der Waals surface area contributed by atoms with Crippen molar-refractivity contribution in [1.82, 2.24) is 4.90 Å². The maximum Gasteiger partial charge on any atom is 0.407 e. The van der Waals surface area contributed by atoms with Crippen molar-refractivity contribution in [2.24, 2.45) is 5.92 Å². The normalized spacial score (nSPS) is 18.6. The summed E-state index contributed by atoms with van der Waals surface area (Å²) in [6.45, 7) is 1.45. The predicted molar refractivity (Wildman–Crippen MR) is 57.8 cm³/mol. The number of aliphatic hydroxyl groups is 1. The van der Waals surface area contributed by atoms with Gasteiger partial charge < -0.3 is 15.1 Å². The Hall–Kier alpha value is -1.03. The number of hydrogen-bond acceptors (Lipinski definition) is 2. The van der Waals surface area contributed by atoms with Gasteiger partial charge >= 0.3 is 6.09 Å². The molecule has 1 saturated heterocycles. The van der Waals surface area contributed by atoms with Crippen LogP contribution in [0.2, 0.25) is 0 Å². The lowest BCUT2D eigenvalue weighted by Gasteiger charge is -2.29. The number of carbonyl (C=O) groups is 1. The van der Waals surface area contributed by atoms with Crippen molar-refractivity contribution in [2.75, 3.05) is 19.7 Å². The highest BCUT2D eigenvalue weighted by Gasteiger charge is 2.21. The van der Waals surface area contributed by atoms with E-state index in [-0.39, 0.29) is 6.61 Å². The van der Waals surface area contributed by atoms with E-state index in [1.807, 2.05) is 6.08 Å². The molecule has 1 rings (SSSR count). The Bertz CT molecular complexity index is 220. The Labute approximate surface area is 90.2 Å². The third-order valence-electron chi connectivity index (χ3n) is 2.90. The number of aliphatic hydroxyl groups excluding tert-OH is 1. The van der Waals surface area contributed by atoms with Gasteiger partial charge in [0, 0.05) is 13.1 Å². The smallest absolute Gasteiger partial charge is 0.407 e. The highest BCUT2D eigenvalue weighted by molar-refractivity contribution is 5.64. The van der Waals surface area contributed by atoms with E-state index >= 15 is 0 Å². The molecule has 0 atom stereocenters. The summed E-state index contributed by atoms with van der Waals surface area (Å²) in [4.78, 5) is 12.1. The molecular formula is C11H19NO3. The number of piperidine rings is 1. The van der Waals surface area contributed by atoms with Crippen LogP contribution >= 0.6 is 0 Å². The number of rotatable bonds is 4. The first-order valence-corrected chi connectivity index (χ1v) is 5.47. The van der Waals surface area contributed by atoms with Crippen LogP contribution < -0.4 is 0 Å². The Morgan fingerprint density at radius 2 is 2.00 bits per heavy atom. The number of carboxylic acid groups (broad SMARTS) is 1. The molecule has 0 unspecified atom stereocenters. The zero-order valence-electron chi connectivity index (χ0n) is 8.93. The Balaban J connectivity index is 2.14. The van der Waals surface area contributed by atoms with Gasteiger partial charge in [0.2, 0.25) is 0 Å². The fourth-order valence-corrected chi connectivity index (χ4v) is 1.94. The fraction of sp³-hybridized carbons (Fsp3) is 0.727. The van der Waals surface area contributed by atoms with Gasteiger partial charge in [-0.1, -0.05) is 12.2 Å². The lowest BCUT2D eigenvalue weighted by Crippen LogP contribution is -2.37. The molecule has 1 heterocycles. The van der Waals surface area contributed by atoms with Crippen LogP contribution in [-0.4, -0.2) is 40.9 Å². The van der Waals surface area contributed by atoms with Crippen LogP contribution in [0.5, 0.6) is 0 Å². The second-order valence-electron chi connectivity index (χ2n) is 3.94. The second-order valence-corrected chi connectivity index (χ2v) is 3.94. The molecule has 0 aromatic rings. The van der Waals surface area contributed by atoms with Crippen LogP contribution in [0.4, 0.5) is 4.79 Å². The number of hydrogen-bond donors (Lipinski definition) is 2. The molecule has 1 fully saturated rings. The Kier molecular flexibility index (Phi) is 5.18. The van der Waals surface area contributed by atoms with Gasteiger partial charge in [-0.3, -0.25) is 0 Å². The van der Waals surface area contributed by atoms with E-state index in [4.69, 9.17) is 10.2 Å². The van der Waals surface area contributed by atoms with Gasteiger partial charge in [-0.05, 0) is 31.6 Å². The van der Waals surface area contributed by atoms with E-state index in [0.29, 0.717) is 19.0 Å². The van der Waals surface area contributed by atoms with Gasteiger partial charge in [0.05, 0.1) is 6.61 Å². The first-order chi connectivity index (χ1) is 7.24. The Morgan fingerprint density at radius 3 is 2.53 bits per heavy atom. The largest absolute Gasteiger partial charge is 0.465 e. The summed E-state index contributed by atoms with van der Waals surface area (Å²) >= 11 is 0. The predicted octanol–water partition coefficient (Wildman–Crippen LogP) is 1.71. The SMILES string of the molecule is O=C(O)N1CCC(CC/C=C/CO)CC1. The highest BCUT2D eigenvalue weighted by Crippen LogP contribution is 2.21. The minimum absolute atomic E-state index is 0.109. The molecule has 4 heteroatoms. The zero-order chi connectivity index (χ0) is 11.1. The molecule has 0 aromatic carbocycles. The fourth-order valence-electron chi connectivity index (χ4n) is 1.94. The topological polar surface area (TPSA) is 60.8 Å². The summed E-state index contributed by atoms with van der Waals surface area (Å²) in [6, 6.07) is 0. The molecule has 0 bridgehead atoms. The van der Waals surface area contributed by atoms with Crippen molar-refractivity contribution in [2.45, 2.75) is 25.7 Å². The molecule has 2 N–H and O–H groups in total. The monoisotopic (exact) mass is 213 g/mol. The maximum absolute atomic E-state index is 10.6. The van der Waals surface area contributed by atoms with Crippen molar-refractivity contribution in [3.63, 3.8) is 0 Å². The van der Waals surface area contributed by atoms with E-state index in [2.05, 4.69) is 0 Å². The summed E-state index contributed by atoms with van der Waals surface area (Å²) in [5.41, 5.74) is 0. The van der Waals surface area contributed by atoms with Crippen LogP contribution in [0, 0.1) is 5.92 Å². The molecule has 4 nitrogen and oxygen atoms in total. The number of allylic oxidation sites excluding steroid dienone is 1. The third-order valence-corrected chi connectivity index (χ3v) is 2.90. The van der Waals surface area contributed by atoms with Crippen LogP contribution in [0.15, 0.2) is 12.2 Å². The highest BCUT2D eigenvalue weighted by atomic mass is 16.4. The first-order valence-electron chi connectivity index (χ1n) is 5.47. The molecule has 0 aliphatic carbocycles. The summed E-state index contributed by atoms with van der Waals surface area (Å²) in [7, 11) is 0. The zero-order valence-corrected chi connectivity index (χ0v) is 8.93. The summed E-state index contributed by atoms with van der Waals surface area (Å²) in [5.74, 6) is 0.643. The molecule has 0 saturated carbocycles. The minimum atomic E-state index is -0.798. The van der Waals surface area contributed by atoms with E-state index in [9.17, 15) is 4.79 Å². The molecule has 0 radical (unpaired) electrons. The molecule has 0 aromatic heterocycles. The third kappa shape index (κ3) is 4.34. The van der Waals surface area contributed by atoms with E-state index < -0.39 is 6.09 Å². The first kappa shape index (κ1) is 12.0. The minimum Gasteiger partial charge on any atom is -0.465 e. The van der Waals surface area contributed by atoms with Crippen molar-refractivity contribution in [1.29, 1.82) is 0 Å². The summed E-state index contributed by atoms with van der Waals surface area (Å²) < 4.78 is 0. The van der Waals surface area contributed by atoms with Crippen LogP contribution in [-0.2, 0) is 0 Å². The van der Waals surface area contributed by atoms with E-state index in [1.165, 1.54) is 4.90 Å². The molecule has 1 amide bonds. The lowest BCUT2D eigenvalue weighted by atomic mass is 9.92. The standard InChI is InChI=1S/C11H19NO3/c13-9-3-1-2-4-10-5-7-12(8-6-10)11(14)15/h1,3,10,13H,2,4-9H2,(H,14,15)/b3-1+. The quantitative estimate of drug-likeness (QED) is 0.699. The summed E-state index contributed by atoms with van der Waals surface area (Å²) in [6.07, 6.45) is 6.98. The molecule has 1 aliphatic heterocycles. The number of amides is 1. The second kappa shape index (κ2) is 6.45. The van der Waals surface area contributed by atoms with Gasteiger partial charge in [0.15, 0.2) is 0 Å². The van der Waals surface area contributed by atoms with Crippen LogP contribution in [0.25, 0.3) is 0 Å². The molecule has 1 aliphatic rings. The maximum atomic E-state index is 10.6. The van der Waals surface area contributed by atoms with Gasteiger partial charge in [-0.25, -0.2) is 4.79 Å². The van der Waals surface area contributed by atoms with Crippen LogP contribution in [0.1, 0.15) is 25.7 Å².